The fraction of sp³-hybridized carbons (Fsp3) is 0.462. The lowest BCUT2D eigenvalue weighted by molar-refractivity contribution is 0.0722. The second-order valence-electron chi connectivity index (χ2n) is 4.55. The van der Waals surface area contributed by atoms with Gasteiger partial charge in [0, 0.05) is 19.8 Å². The van der Waals surface area contributed by atoms with E-state index < -0.39 is 23.1 Å². The lowest BCUT2D eigenvalue weighted by Gasteiger charge is -2.29. The number of aliphatic hydroxyl groups excluding tert-OH is 1. The summed E-state index contributed by atoms with van der Waals surface area (Å²) in [6.07, 6.45) is 0.259. The molecule has 6 heteroatoms. The van der Waals surface area contributed by atoms with E-state index in [4.69, 9.17) is 9.84 Å². The number of hydrogen-bond acceptors (Lipinski definition) is 3. The molecule has 0 aromatic heterocycles. The first-order valence-electron chi connectivity index (χ1n) is 5.79. The number of rotatable bonds is 6. The molecule has 0 radical (unpaired) electrons. The van der Waals surface area contributed by atoms with Crippen LogP contribution in [0.4, 0.5) is 8.78 Å². The molecule has 2 N–H and O–H groups in total. The lowest BCUT2D eigenvalue weighted by Crippen LogP contribution is -2.50. The Morgan fingerprint density at radius 2 is 2.16 bits per heavy atom. The molecule has 0 aliphatic rings. The van der Waals surface area contributed by atoms with Gasteiger partial charge in [-0.2, -0.15) is 0 Å². The van der Waals surface area contributed by atoms with Gasteiger partial charge in [-0.3, -0.25) is 4.79 Å². The monoisotopic (exact) mass is 273 g/mol. The molecule has 0 saturated carbocycles. The van der Waals surface area contributed by atoms with E-state index in [0.29, 0.717) is 6.07 Å². The minimum Gasteiger partial charge on any atom is -0.396 e. The van der Waals surface area contributed by atoms with Crippen molar-refractivity contribution in [3.8, 4) is 0 Å². The van der Waals surface area contributed by atoms with Crippen molar-refractivity contribution < 1.29 is 23.4 Å². The van der Waals surface area contributed by atoms with E-state index in [-0.39, 0.29) is 25.2 Å². The van der Waals surface area contributed by atoms with Crippen molar-refractivity contribution in [1.29, 1.82) is 0 Å². The predicted octanol–water partition coefficient (Wildman–Crippen LogP) is 1.48. The van der Waals surface area contributed by atoms with Crippen LogP contribution in [0.3, 0.4) is 0 Å². The van der Waals surface area contributed by atoms with E-state index in [9.17, 15) is 13.6 Å². The summed E-state index contributed by atoms with van der Waals surface area (Å²) in [4.78, 5) is 11.9. The van der Waals surface area contributed by atoms with Gasteiger partial charge in [-0.25, -0.2) is 8.78 Å². The second-order valence-corrected chi connectivity index (χ2v) is 4.55. The molecule has 0 fully saturated rings. The van der Waals surface area contributed by atoms with Crippen LogP contribution in [0.25, 0.3) is 0 Å². The highest BCUT2D eigenvalue weighted by Crippen LogP contribution is 2.14. The SMILES string of the molecule is COCC(C)(CCO)NC(=O)c1ccc(F)cc1F. The van der Waals surface area contributed by atoms with Crippen LogP contribution in [0.1, 0.15) is 23.7 Å². The molecule has 19 heavy (non-hydrogen) atoms. The smallest absolute Gasteiger partial charge is 0.254 e. The van der Waals surface area contributed by atoms with Gasteiger partial charge < -0.3 is 15.2 Å². The van der Waals surface area contributed by atoms with E-state index in [1.807, 2.05) is 0 Å². The zero-order valence-electron chi connectivity index (χ0n) is 10.9. The van der Waals surface area contributed by atoms with E-state index in [1.165, 1.54) is 7.11 Å². The van der Waals surface area contributed by atoms with Crippen molar-refractivity contribution in [3.63, 3.8) is 0 Å². The molecule has 0 bridgehead atoms. The number of halogens is 2. The van der Waals surface area contributed by atoms with Crippen molar-refractivity contribution in [3.05, 3.63) is 35.4 Å². The number of aliphatic hydroxyl groups is 1. The Morgan fingerprint density at radius 1 is 1.47 bits per heavy atom. The van der Waals surface area contributed by atoms with Crippen LogP contribution >= 0.6 is 0 Å². The van der Waals surface area contributed by atoms with Gasteiger partial charge in [-0.15, -0.1) is 0 Å². The predicted molar refractivity (Wildman–Crippen MR) is 65.8 cm³/mol. The van der Waals surface area contributed by atoms with Gasteiger partial charge in [0.2, 0.25) is 0 Å². The maximum absolute atomic E-state index is 13.5. The number of nitrogens with one attached hydrogen (secondary N) is 1. The number of ether oxygens (including phenoxy) is 1. The first-order valence-corrected chi connectivity index (χ1v) is 5.79. The van der Waals surface area contributed by atoms with Gasteiger partial charge in [0.1, 0.15) is 11.6 Å². The Kier molecular flexibility index (Phi) is 5.38. The standard InChI is InChI=1S/C13H17F2NO3/c1-13(5-6-17,8-19-2)16-12(18)10-4-3-9(14)7-11(10)15/h3-4,7,17H,5-6,8H2,1-2H3,(H,16,18). The Balaban J connectivity index is 2.87. The van der Waals surface area contributed by atoms with Gasteiger partial charge in [0.05, 0.1) is 17.7 Å². The Morgan fingerprint density at radius 3 is 2.68 bits per heavy atom. The molecular formula is C13H17F2NO3. The van der Waals surface area contributed by atoms with Gasteiger partial charge in [-0.1, -0.05) is 0 Å². The van der Waals surface area contributed by atoms with Crippen molar-refractivity contribution in [1.82, 2.24) is 5.32 Å². The normalized spacial score (nSPS) is 13.9. The number of carbonyl (C=O) groups excluding carboxylic acids is 1. The zero-order valence-corrected chi connectivity index (χ0v) is 10.9. The Labute approximate surface area is 110 Å². The molecule has 0 spiro atoms. The third-order valence-electron chi connectivity index (χ3n) is 2.72. The summed E-state index contributed by atoms with van der Waals surface area (Å²) >= 11 is 0. The minimum absolute atomic E-state index is 0.147. The lowest BCUT2D eigenvalue weighted by atomic mass is 9.98. The van der Waals surface area contributed by atoms with Gasteiger partial charge in [-0.05, 0) is 25.5 Å². The Hall–Kier alpha value is -1.53. The topological polar surface area (TPSA) is 58.6 Å². The number of hydrogen-bond donors (Lipinski definition) is 2. The Bertz CT molecular complexity index is 446. The summed E-state index contributed by atoms with van der Waals surface area (Å²) in [5, 5.41) is 11.6. The molecule has 1 unspecified atom stereocenters. The largest absolute Gasteiger partial charge is 0.396 e. The van der Waals surface area contributed by atoms with Crippen molar-refractivity contribution >= 4 is 5.91 Å². The summed E-state index contributed by atoms with van der Waals surface area (Å²) in [5.41, 5.74) is -1.07. The highest BCUT2D eigenvalue weighted by atomic mass is 19.1. The average molecular weight is 273 g/mol. The van der Waals surface area contributed by atoms with Gasteiger partial charge in [0.15, 0.2) is 0 Å². The quantitative estimate of drug-likeness (QED) is 0.825. The average Bonchev–Trinajstić information content (AvgIpc) is 2.28. The minimum atomic E-state index is -0.929. The van der Waals surface area contributed by atoms with Gasteiger partial charge >= 0.3 is 0 Å². The molecule has 4 nitrogen and oxygen atoms in total. The maximum atomic E-state index is 13.5. The molecule has 1 atom stereocenters. The molecular weight excluding hydrogens is 256 g/mol. The third-order valence-corrected chi connectivity index (χ3v) is 2.72. The van der Waals surface area contributed by atoms with Crippen molar-refractivity contribution in [2.75, 3.05) is 20.3 Å². The summed E-state index contributed by atoms with van der Waals surface area (Å²) in [6, 6.07) is 2.73. The number of carbonyl (C=O) groups is 1. The van der Waals surface area contributed by atoms with Crippen LogP contribution in [0.15, 0.2) is 18.2 Å². The molecule has 0 aliphatic heterocycles. The summed E-state index contributed by atoms with van der Waals surface area (Å²) < 4.78 is 31.2. The molecule has 106 valence electrons. The first-order chi connectivity index (χ1) is 8.91. The van der Waals surface area contributed by atoms with Crippen LogP contribution < -0.4 is 5.32 Å². The van der Waals surface area contributed by atoms with E-state index in [1.54, 1.807) is 6.92 Å². The van der Waals surface area contributed by atoms with Crippen LogP contribution in [0, 0.1) is 11.6 Å². The van der Waals surface area contributed by atoms with Crippen molar-refractivity contribution in [2.24, 2.45) is 0 Å². The number of methoxy groups -OCH3 is 1. The third kappa shape index (κ3) is 4.25. The summed E-state index contributed by atoms with van der Waals surface area (Å²) in [7, 11) is 1.46. The van der Waals surface area contributed by atoms with E-state index in [2.05, 4.69) is 5.32 Å². The highest BCUT2D eigenvalue weighted by Gasteiger charge is 2.27. The first kappa shape index (κ1) is 15.5. The molecule has 0 heterocycles. The molecule has 0 saturated heterocycles. The van der Waals surface area contributed by atoms with Crippen molar-refractivity contribution in [2.45, 2.75) is 18.9 Å². The number of benzene rings is 1. The van der Waals surface area contributed by atoms with E-state index >= 15 is 0 Å². The number of amides is 1. The molecule has 1 aromatic carbocycles. The van der Waals surface area contributed by atoms with E-state index in [0.717, 1.165) is 12.1 Å². The molecule has 0 aliphatic carbocycles. The maximum Gasteiger partial charge on any atom is 0.254 e. The molecule has 1 amide bonds. The van der Waals surface area contributed by atoms with Crippen LogP contribution in [-0.2, 0) is 4.74 Å². The molecule has 1 rings (SSSR count). The summed E-state index contributed by atoms with van der Waals surface area (Å²) in [6.45, 7) is 1.69. The fourth-order valence-electron chi connectivity index (χ4n) is 1.75. The fourth-order valence-corrected chi connectivity index (χ4v) is 1.75. The second kappa shape index (κ2) is 6.58. The van der Waals surface area contributed by atoms with Crippen LogP contribution in [-0.4, -0.2) is 36.9 Å². The van der Waals surface area contributed by atoms with Crippen LogP contribution in [0.5, 0.6) is 0 Å². The van der Waals surface area contributed by atoms with Crippen LogP contribution in [0.2, 0.25) is 0 Å². The highest BCUT2D eigenvalue weighted by molar-refractivity contribution is 5.94. The van der Waals surface area contributed by atoms with Gasteiger partial charge in [0.25, 0.3) is 5.91 Å². The zero-order chi connectivity index (χ0) is 14.5. The summed E-state index contributed by atoms with van der Waals surface area (Å²) in [5.74, 6) is -2.35. The molecule has 1 aromatic rings.